The van der Waals surface area contributed by atoms with E-state index in [9.17, 15) is 4.79 Å². The summed E-state index contributed by atoms with van der Waals surface area (Å²) in [4.78, 5) is 16.6. The van der Waals surface area contributed by atoms with Crippen molar-refractivity contribution in [2.45, 2.75) is 26.6 Å². The molecule has 1 amide bonds. The molecule has 0 saturated carbocycles. The monoisotopic (exact) mass is 442 g/mol. The van der Waals surface area contributed by atoms with Crippen LogP contribution in [0.5, 0.6) is 5.75 Å². The van der Waals surface area contributed by atoms with Gasteiger partial charge in [-0.2, -0.15) is 0 Å². The number of halogens is 1. The average molecular weight is 443 g/mol. The van der Waals surface area contributed by atoms with Gasteiger partial charge >= 0.3 is 0 Å². The maximum absolute atomic E-state index is 12.3. The van der Waals surface area contributed by atoms with Gasteiger partial charge < -0.3 is 14.4 Å². The number of hydrogen-bond donors (Lipinski definition) is 0. The van der Waals surface area contributed by atoms with E-state index < -0.39 is 0 Å². The van der Waals surface area contributed by atoms with Crippen molar-refractivity contribution in [3.8, 4) is 5.75 Å². The highest BCUT2D eigenvalue weighted by Crippen LogP contribution is 2.25. The molecule has 31 heavy (non-hydrogen) atoms. The Hall–Kier alpha value is -2.34. The average Bonchev–Trinajstić information content (AvgIpc) is 2.76. The lowest BCUT2D eigenvalue weighted by atomic mass is 10.1. The second kappa shape index (κ2) is 11.3. The van der Waals surface area contributed by atoms with Crippen molar-refractivity contribution in [2.24, 2.45) is 0 Å². The summed E-state index contributed by atoms with van der Waals surface area (Å²) in [6, 6.07) is 15.8. The highest BCUT2D eigenvalue weighted by atomic mass is 35.5. The lowest BCUT2D eigenvalue weighted by molar-refractivity contribution is -0.128. The number of hydrogen-bond acceptors (Lipinski definition) is 4. The molecule has 0 spiro atoms. The van der Waals surface area contributed by atoms with Crippen LogP contribution in [0.4, 0.5) is 0 Å². The normalized spacial score (nSPS) is 15.4. The van der Waals surface area contributed by atoms with Gasteiger partial charge in [0.2, 0.25) is 5.91 Å². The zero-order chi connectivity index (χ0) is 22.2. The van der Waals surface area contributed by atoms with Gasteiger partial charge in [0.1, 0.15) is 5.75 Å². The molecule has 166 valence electrons. The van der Waals surface area contributed by atoms with E-state index in [0.717, 1.165) is 55.2 Å². The lowest BCUT2D eigenvalue weighted by Gasteiger charge is -2.36. The molecule has 1 unspecified atom stereocenters. The summed E-state index contributed by atoms with van der Waals surface area (Å²) < 4.78 is 11.8. The second-order valence-electron chi connectivity index (χ2n) is 8.05. The number of rotatable bonds is 8. The van der Waals surface area contributed by atoms with Gasteiger partial charge in [-0.15, -0.1) is 0 Å². The zero-order valence-electron chi connectivity index (χ0n) is 18.5. The summed E-state index contributed by atoms with van der Waals surface area (Å²) >= 11 is 6.13. The highest BCUT2D eigenvalue weighted by Gasteiger charge is 2.23. The van der Waals surface area contributed by atoms with Crippen LogP contribution in [0.2, 0.25) is 5.02 Å². The predicted octanol–water partition coefficient (Wildman–Crippen LogP) is 4.72. The number of ether oxygens (including phenoxy) is 2. The van der Waals surface area contributed by atoms with Crippen molar-refractivity contribution in [2.75, 3.05) is 39.8 Å². The highest BCUT2D eigenvalue weighted by molar-refractivity contribution is 6.30. The number of methoxy groups -OCH3 is 1. The molecule has 1 aliphatic heterocycles. The molecule has 0 aliphatic carbocycles. The van der Waals surface area contributed by atoms with Crippen molar-refractivity contribution in [1.82, 2.24) is 9.80 Å². The van der Waals surface area contributed by atoms with Gasteiger partial charge in [0.25, 0.3) is 0 Å². The molecular weight excluding hydrogens is 412 g/mol. The zero-order valence-corrected chi connectivity index (χ0v) is 19.3. The minimum absolute atomic E-state index is 0.0983. The minimum Gasteiger partial charge on any atom is -0.497 e. The molecule has 3 rings (SSSR count). The fourth-order valence-electron chi connectivity index (χ4n) is 3.64. The first-order valence-electron chi connectivity index (χ1n) is 10.6. The summed E-state index contributed by atoms with van der Waals surface area (Å²) in [7, 11) is 1.67. The molecule has 0 N–H and O–H groups in total. The van der Waals surface area contributed by atoms with E-state index >= 15 is 0 Å². The predicted molar refractivity (Wildman–Crippen MR) is 124 cm³/mol. The van der Waals surface area contributed by atoms with Crippen LogP contribution in [0.15, 0.2) is 60.2 Å². The van der Waals surface area contributed by atoms with E-state index in [1.165, 1.54) is 0 Å². The van der Waals surface area contributed by atoms with Gasteiger partial charge in [0.15, 0.2) is 0 Å². The molecule has 0 aromatic heterocycles. The van der Waals surface area contributed by atoms with E-state index in [1.54, 1.807) is 13.2 Å². The molecule has 1 aliphatic rings. The van der Waals surface area contributed by atoms with Crippen LogP contribution in [0.25, 0.3) is 0 Å². The van der Waals surface area contributed by atoms with Crippen LogP contribution in [-0.4, -0.2) is 55.5 Å². The van der Waals surface area contributed by atoms with Gasteiger partial charge in [0, 0.05) is 43.8 Å². The van der Waals surface area contributed by atoms with Crippen molar-refractivity contribution in [3.63, 3.8) is 0 Å². The number of benzene rings is 2. The maximum atomic E-state index is 12.3. The Morgan fingerprint density at radius 2 is 1.84 bits per heavy atom. The molecule has 0 bridgehead atoms. The van der Waals surface area contributed by atoms with Crippen LogP contribution >= 0.6 is 11.6 Å². The van der Waals surface area contributed by atoms with Crippen LogP contribution in [0, 0.1) is 0 Å². The quantitative estimate of drug-likeness (QED) is 0.555. The SMILES string of the molecule is COc1cccc(C(CN2CCN(C(=O)C=C(C)C)CC2)OCc2cccc(Cl)c2)c1. The third-order valence-electron chi connectivity index (χ3n) is 5.33. The standard InChI is InChI=1S/C25H31ClN2O3/c1-19(2)14-25(29)28-12-10-27(11-13-28)17-24(21-7-5-9-23(16-21)30-3)31-18-20-6-4-8-22(26)15-20/h4-9,14-16,24H,10-13,17-18H2,1-3H3. The molecule has 1 fully saturated rings. The van der Waals surface area contributed by atoms with E-state index in [2.05, 4.69) is 11.0 Å². The summed E-state index contributed by atoms with van der Waals surface area (Å²) in [6.07, 6.45) is 1.59. The van der Waals surface area contributed by atoms with Gasteiger partial charge in [0.05, 0.1) is 19.8 Å². The first-order chi connectivity index (χ1) is 14.9. The second-order valence-corrected chi connectivity index (χ2v) is 8.49. The summed E-state index contributed by atoms with van der Waals surface area (Å²) in [6.45, 7) is 8.21. The Morgan fingerprint density at radius 3 is 2.52 bits per heavy atom. The smallest absolute Gasteiger partial charge is 0.246 e. The van der Waals surface area contributed by atoms with Crippen molar-refractivity contribution in [3.05, 3.63) is 76.3 Å². The van der Waals surface area contributed by atoms with E-state index in [4.69, 9.17) is 21.1 Å². The van der Waals surface area contributed by atoms with Crippen LogP contribution in [0.3, 0.4) is 0 Å². The van der Waals surface area contributed by atoms with Crippen molar-refractivity contribution < 1.29 is 14.3 Å². The first kappa shape index (κ1) is 23.3. The number of carbonyl (C=O) groups excluding carboxylic acids is 1. The summed E-state index contributed by atoms with van der Waals surface area (Å²) in [5, 5.41) is 0.705. The van der Waals surface area contributed by atoms with Crippen molar-refractivity contribution >= 4 is 17.5 Å². The largest absolute Gasteiger partial charge is 0.497 e. The van der Waals surface area contributed by atoms with Gasteiger partial charge in [-0.1, -0.05) is 41.4 Å². The Morgan fingerprint density at radius 1 is 1.10 bits per heavy atom. The number of piperazine rings is 1. The van der Waals surface area contributed by atoms with Gasteiger partial charge in [-0.25, -0.2) is 0 Å². The van der Waals surface area contributed by atoms with Crippen LogP contribution in [-0.2, 0) is 16.1 Å². The fraction of sp³-hybridized carbons (Fsp3) is 0.400. The maximum Gasteiger partial charge on any atom is 0.246 e. The van der Waals surface area contributed by atoms with E-state index in [0.29, 0.717) is 11.6 Å². The molecule has 2 aromatic carbocycles. The first-order valence-corrected chi connectivity index (χ1v) is 11.0. The molecule has 6 heteroatoms. The minimum atomic E-state index is -0.117. The topological polar surface area (TPSA) is 42.0 Å². The molecule has 5 nitrogen and oxygen atoms in total. The van der Waals surface area contributed by atoms with Gasteiger partial charge in [-0.05, 0) is 49.2 Å². The number of allylic oxidation sites excluding steroid dienone is 1. The Labute approximate surface area is 190 Å². The molecular formula is C25H31ClN2O3. The molecule has 1 heterocycles. The van der Waals surface area contributed by atoms with E-state index in [-0.39, 0.29) is 12.0 Å². The van der Waals surface area contributed by atoms with Crippen LogP contribution in [0.1, 0.15) is 31.1 Å². The molecule has 0 radical (unpaired) electrons. The lowest BCUT2D eigenvalue weighted by Crippen LogP contribution is -2.49. The van der Waals surface area contributed by atoms with Crippen LogP contribution < -0.4 is 4.74 Å². The molecule has 2 aromatic rings. The van der Waals surface area contributed by atoms with Crippen molar-refractivity contribution in [1.29, 1.82) is 0 Å². The third-order valence-corrected chi connectivity index (χ3v) is 5.56. The van der Waals surface area contributed by atoms with Gasteiger partial charge in [-0.3, -0.25) is 9.69 Å². The Kier molecular flexibility index (Phi) is 8.52. The fourth-order valence-corrected chi connectivity index (χ4v) is 3.86. The Balaban J connectivity index is 1.67. The third kappa shape index (κ3) is 7.10. The molecule has 1 saturated heterocycles. The number of carbonyl (C=O) groups is 1. The Bertz CT molecular complexity index is 903. The molecule has 1 atom stereocenters. The number of amides is 1. The number of nitrogens with zero attached hydrogens (tertiary/aromatic N) is 2. The summed E-state index contributed by atoms with van der Waals surface area (Å²) in [5.41, 5.74) is 3.14. The summed E-state index contributed by atoms with van der Waals surface area (Å²) in [5.74, 6) is 0.909. The van der Waals surface area contributed by atoms with E-state index in [1.807, 2.05) is 61.2 Å².